The quantitative estimate of drug-likeness (QED) is 0.660. The molecule has 0 aliphatic carbocycles. The third-order valence-electron chi connectivity index (χ3n) is 3.20. The highest BCUT2D eigenvalue weighted by Gasteiger charge is 2.29. The molecule has 0 saturated carbocycles. The fraction of sp³-hybridized carbons (Fsp3) is 0.176. The van der Waals surface area contributed by atoms with Gasteiger partial charge in [0.15, 0.2) is 11.6 Å². The van der Waals surface area contributed by atoms with Gasteiger partial charge in [0.25, 0.3) is 5.91 Å². The van der Waals surface area contributed by atoms with E-state index in [4.69, 9.17) is 10.00 Å². The van der Waals surface area contributed by atoms with Crippen LogP contribution in [-0.2, 0) is 12.8 Å². The molecule has 2 aromatic rings. The minimum absolute atomic E-state index is 0.0228. The van der Waals surface area contributed by atoms with E-state index in [1.807, 2.05) is 0 Å². The summed E-state index contributed by atoms with van der Waals surface area (Å²) in [7, 11) is 0. The van der Waals surface area contributed by atoms with Crippen LogP contribution in [0.1, 0.15) is 21.5 Å². The lowest BCUT2D eigenvalue weighted by Gasteiger charge is -2.10. The van der Waals surface area contributed by atoms with Gasteiger partial charge in [0, 0.05) is 5.56 Å². The molecule has 0 radical (unpaired) electrons. The highest BCUT2D eigenvalue weighted by atomic mass is 19.4. The van der Waals surface area contributed by atoms with Gasteiger partial charge in [-0.05, 0) is 35.9 Å². The number of amides is 1. The van der Waals surface area contributed by atoms with E-state index in [9.17, 15) is 22.4 Å². The van der Waals surface area contributed by atoms with Gasteiger partial charge < -0.3 is 10.1 Å². The number of nitrogens with zero attached hydrogens (tertiary/aromatic N) is 1. The number of rotatable bonds is 5. The third kappa shape index (κ3) is 4.94. The summed E-state index contributed by atoms with van der Waals surface area (Å²) in [4.78, 5) is 11.6. The van der Waals surface area contributed by atoms with Crippen molar-refractivity contribution in [2.45, 2.75) is 12.8 Å². The van der Waals surface area contributed by atoms with Gasteiger partial charge in [-0.1, -0.05) is 12.1 Å². The molecule has 4 nitrogen and oxygen atoms in total. The van der Waals surface area contributed by atoms with Gasteiger partial charge in [0.05, 0.1) is 11.6 Å². The van der Waals surface area contributed by atoms with Crippen LogP contribution in [0.2, 0.25) is 0 Å². The van der Waals surface area contributed by atoms with E-state index < -0.39 is 23.5 Å². The molecule has 0 saturated heterocycles. The second kappa shape index (κ2) is 7.66. The number of nitrogens with one attached hydrogen (secondary N) is 1. The Labute approximate surface area is 140 Å². The molecule has 0 aliphatic rings. The van der Waals surface area contributed by atoms with Gasteiger partial charge in [-0.15, -0.1) is 0 Å². The van der Waals surface area contributed by atoms with Crippen LogP contribution in [0.15, 0.2) is 42.5 Å². The van der Waals surface area contributed by atoms with Crippen LogP contribution in [-0.4, -0.2) is 12.5 Å². The summed E-state index contributed by atoms with van der Waals surface area (Å²) in [6, 6.07) is 9.54. The van der Waals surface area contributed by atoms with Gasteiger partial charge in [-0.25, -0.2) is 4.39 Å². The largest absolute Gasteiger partial charge is 0.486 e. The average molecular weight is 352 g/mol. The minimum atomic E-state index is -4.42. The molecule has 0 spiro atoms. The van der Waals surface area contributed by atoms with E-state index in [0.29, 0.717) is 5.56 Å². The SMILES string of the molecule is N#CCNC(=O)c1ccc(OCc2ccc(C(F)(F)F)cc2)c(F)c1. The summed E-state index contributed by atoms with van der Waals surface area (Å²) in [6.07, 6.45) is -4.42. The molecule has 0 aromatic heterocycles. The van der Waals surface area contributed by atoms with E-state index in [-0.39, 0.29) is 24.5 Å². The number of nitriles is 1. The molecule has 25 heavy (non-hydrogen) atoms. The molecule has 0 fully saturated rings. The first-order chi connectivity index (χ1) is 11.8. The standard InChI is InChI=1S/C17H12F4N2O2/c18-14-9-12(16(24)23-8-7-22)3-6-15(14)25-10-11-1-4-13(5-2-11)17(19,20)21/h1-6,9H,8,10H2,(H,23,24). The van der Waals surface area contributed by atoms with E-state index in [0.717, 1.165) is 18.2 Å². The Morgan fingerprint density at radius 3 is 2.40 bits per heavy atom. The number of ether oxygens (including phenoxy) is 1. The van der Waals surface area contributed by atoms with Crippen molar-refractivity contribution in [2.24, 2.45) is 0 Å². The molecule has 1 N–H and O–H groups in total. The third-order valence-corrected chi connectivity index (χ3v) is 3.20. The van der Waals surface area contributed by atoms with Crippen LogP contribution in [0, 0.1) is 17.1 Å². The molecule has 2 aromatic carbocycles. The predicted molar refractivity (Wildman–Crippen MR) is 80.1 cm³/mol. The smallest absolute Gasteiger partial charge is 0.416 e. The molecule has 0 aliphatic heterocycles. The van der Waals surface area contributed by atoms with Crippen LogP contribution in [0.4, 0.5) is 17.6 Å². The Morgan fingerprint density at radius 1 is 1.16 bits per heavy atom. The summed E-state index contributed by atoms with van der Waals surface area (Å²) in [5, 5.41) is 10.7. The number of benzene rings is 2. The molecular weight excluding hydrogens is 340 g/mol. The number of hydrogen-bond acceptors (Lipinski definition) is 3. The zero-order chi connectivity index (χ0) is 18.4. The maximum Gasteiger partial charge on any atom is 0.416 e. The molecule has 8 heteroatoms. The number of carbonyl (C=O) groups excluding carboxylic acids is 1. The first kappa shape index (κ1) is 18.3. The number of halogens is 4. The molecular formula is C17H12F4N2O2. The summed E-state index contributed by atoms with van der Waals surface area (Å²) in [6.45, 7) is -0.332. The Balaban J connectivity index is 2.01. The first-order valence-electron chi connectivity index (χ1n) is 7.05. The van der Waals surface area contributed by atoms with Crippen LogP contribution in [0.5, 0.6) is 5.75 Å². The van der Waals surface area contributed by atoms with E-state index in [2.05, 4.69) is 5.32 Å². The Morgan fingerprint density at radius 2 is 1.84 bits per heavy atom. The zero-order valence-corrected chi connectivity index (χ0v) is 12.7. The summed E-state index contributed by atoms with van der Waals surface area (Å²) >= 11 is 0. The van der Waals surface area contributed by atoms with E-state index in [1.54, 1.807) is 6.07 Å². The average Bonchev–Trinajstić information content (AvgIpc) is 2.58. The molecule has 0 bridgehead atoms. The Hall–Kier alpha value is -3.08. The Bertz CT molecular complexity index is 796. The Kier molecular flexibility index (Phi) is 5.60. The van der Waals surface area contributed by atoms with Gasteiger partial charge in [0.1, 0.15) is 13.2 Å². The first-order valence-corrected chi connectivity index (χ1v) is 7.05. The van der Waals surface area contributed by atoms with E-state index >= 15 is 0 Å². The monoisotopic (exact) mass is 352 g/mol. The lowest BCUT2D eigenvalue weighted by Crippen LogP contribution is -2.23. The van der Waals surface area contributed by atoms with Crippen molar-refractivity contribution in [2.75, 3.05) is 6.54 Å². The van der Waals surface area contributed by atoms with Crippen molar-refractivity contribution in [3.63, 3.8) is 0 Å². The van der Waals surface area contributed by atoms with Crippen molar-refractivity contribution in [3.8, 4) is 11.8 Å². The maximum atomic E-state index is 13.9. The zero-order valence-electron chi connectivity index (χ0n) is 12.7. The van der Waals surface area contributed by atoms with Gasteiger partial charge in [-0.2, -0.15) is 18.4 Å². The lowest BCUT2D eigenvalue weighted by atomic mass is 10.1. The molecule has 130 valence electrons. The molecule has 0 heterocycles. The topological polar surface area (TPSA) is 62.1 Å². The second-order valence-electron chi connectivity index (χ2n) is 4.97. The van der Waals surface area contributed by atoms with Crippen molar-refractivity contribution >= 4 is 5.91 Å². The number of alkyl halides is 3. The van der Waals surface area contributed by atoms with Gasteiger partial charge in [-0.3, -0.25) is 4.79 Å². The molecule has 2 rings (SSSR count). The molecule has 1 amide bonds. The summed E-state index contributed by atoms with van der Waals surface area (Å²) in [5.41, 5.74) is -0.326. The highest BCUT2D eigenvalue weighted by Crippen LogP contribution is 2.29. The number of carbonyl (C=O) groups is 1. The molecule has 0 atom stereocenters. The van der Waals surface area contributed by atoms with Gasteiger partial charge >= 0.3 is 6.18 Å². The van der Waals surface area contributed by atoms with Crippen molar-refractivity contribution in [1.82, 2.24) is 5.32 Å². The minimum Gasteiger partial charge on any atom is -0.486 e. The van der Waals surface area contributed by atoms with Gasteiger partial charge in [0.2, 0.25) is 0 Å². The predicted octanol–water partition coefficient (Wildman–Crippen LogP) is 3.68. The van der Waals surface area contributed by atoms with Crippen LogP contribution >= 0.6 is 0 Å². The maximum absolute atomic E-state index is 13.9. The normalized spacial score (nSPS) is 10.8. The fourth-order valence-corrected chi connectivity index (χ4v) is 1.93. The highest BCUT2D eigenvalue weighted by molar-refractivity contribution is 5.94. The number of hydrogen-bond donors (Lipinski definition) is 1. The van der Waals surface area contributed by atoms with Crippen molar-refractivity contribution in [3.05, 3.63) is 65.0 Å². The second-order valence-corrected chi connectivity index (χ2v) is 4.97. The lowest BCUT2D eigenvalue weighted by molar-refractivity contribution is -0.137. The summed E-state index contributed by atoms with van der Waals surface area (Å²) in [5.74, 6) is -1.54. The van der Waals surface area contributed by atoms with Crippen LogP contribution < -0.4 is 10.1 Å². The summed E-state index contributed by atoms with van der Waals surface area (Å²) < 4.78 is 56.6. The van der Waals surface area contributed by atoms with Crippen LogP contribution in [0.3, 0.4) is 0 Å². The molecule has 0 unspecified atom stereocenters. The van der Waals surface area contributed by atoms with E-state index in [1.165, 1.54) is 24.3 Å². The van der Waals surface area contributed by atoms with Crippen molar-refractivity contribution < 1.29 is 27.1 Å². The van der Waals surface area contributed by atoms with Crippen molar-refractivity contribution in [1.29, 1.82) is 5.26 Å². The fourth-order valence-electron chi connectivity index (χ4n) is 1.93. The van der Waals surface area contributed by atoms with Crippen LogP contribution in [0.25, 0.3) is 0 Å².